The minimum atomic E-state index is 0. The number of halogens is 1. The number of anilines is 1. The van der Waals surface area contributed by atoms with Crippen LogP contribution in [0.25, 0.3) is 0 Å². The van der Waals surface area contributed by atoms with Gasteiger partial charge in [0.1, 0.15) is 0 Å². The molecule has 0 saturated carbocycles. The molecule has 1 nitrogen and oxygen atoms in total. The third-order valence-corrected chi connectivity index (χ3v) is 1.61. The molecular formula is C6H6ClKNS. The summed E-state index contributed by atoms with van der Waals surface area (Å²) in [6.07, 6.45) is 0. The summed E-state index contributed by atoms with van der Waals surface area (Å²) < 4.78 is 0. The predicted molar refractivity (Wildman–Crippen MR) is 48.9 cm³/mol. The molecule has 10 heavy (non-hydrogen) atoms. The van der Waals surface area contributed by atoms with E-state index in [-0.39, 0.29) is 51.4 Å². The Morgan fingerprint density at radius 3 is 2.40 bits per heavy atom. The van der Waals surface area contributed by atoms with Crippen LogP contribution in [-0.2, 0) is 0 Å². The van der Waals surface area contributed by atoms with E-state index in [0.29, 0.717) is 10.7 Å². The zero-order valence-electron chi connectivity index (χ0n) is 5.63. The van der Waals surface area contributed by atoms with Gasteiger partial charge in [0.05, 0.1) is 0 Å². The van der Waals surface area contributed by atoms with Gasteiger partial charge in [-0.1, -0.05) is 11.6 Å². The molecule has 0 heterocycles. The van der Waals surface area contributed by atoms with Crippen LogP contribution < -0.4 is 5.73 Å². The third-order valence-electron chi connectivity index (χ3n) is 0.992. The van der Waals surface area contributed by atoms with Crippen molar-refractivity contribution in [1.82, 2.24) is 0 Å². The van der Waals surface area contributed by atoms with Crippen LogP contribution in [0.3, 0.4) is 0 Å². The Balaban J connectivity index is 0.000000810. The van der Waals surface area contributed by atoms with Crippen molar-refractivity contribution in [1.29, 1.82) is 0 Å². The molecule has 2 N–H and O–H groups in total. The van der Waals surface area contributed by atoms with E-state index in [1.807, 2.05) is 0 Å². The molecule has 0 aromatic heterocycles. The van der Waals surface area contributed by atoms with Gasteiger partial charge in [0, 0.05) is 67.0 Å². The molecule has 0 aliphatic heterocycles. The monoisotopic (exact) mass is 198 g/mol. The standard InChI is InChI=1S/C6H6ClNS.K/c7-4-1-2-5(8)6(9)3-4;/h1-3,9H,8H2;. The molecule has 1 radical (unpaired) electrons. The molecule has 0 amide bonds. The molecule has 0 aliphatic carbocycles. The number of hydrogen-bond donors (Lipinski definition) is 2. The Bertz CT molecular complexity index is 229. The largest absolute Gasteiger partial charge is 0.398 e. The summed E-state index contributed by atoms with van der Waals surface area (Å²) in [6.45, 7) is 0. The van der Waals surface area contributed by atoms with Gasteiger partial charge in [-0.05, 0) is 18.2 Å². The normalized spacial score (nSPS) is 8.60. The number of nitrogens with two attached hydrogens (primary N) is 1. The minimum absolute atomic E-state index is 0. The molecule has 0 aliphatic rings. The molecular weight excluding hydrogens is 193 g/mol. The van der Waals surface area contributed by atoms with Crippen LogP contribution >= 0.6 is 24.2 Å². The van der Waals surface area contributed by atoms with E-state index in [0.717, 1.165) is 4.90 Å². The number of nitrogen functional groups attached to an aromatic ring is 1. The molecule has 0 atom stereocenters. The van der Waals surface area contributed by atoms with Gasteiger partial charge in [-0.2, -0.15) is 0 Å². The summed E-state index contributed by atoms with van der Waals surface area (Å²) in [5.74, 6) is 0. The first-order valence-corrected chi connectivity index (χ1v) is 3.26. The van der Waals surface area contributed by atoms with E-state index in [4.69, 9.17) is 17.3 Å². The second-order valence-electron chi connectivity index (χ2n) is 1.70. The summed E-state index contributed by atoms with van der Waals surface area (Å²) in [4.78, 5) is 0.725. The second-order valence-corrected chi connectivity index (χ2v) is 2.62. The van der Waals surface area contributed by atoms with Crippen LogP contribution in [0.4, 0.5) is 5.69 Å². The van der Waals surface area contributed by atoms with E-state index in [1.165, 1.54) is 0 Å². The van der Waals surface area contributed by atoms with E-state index >= 15 is 0 Å². The van der Waals surface area contributed by atoms with Gasteiger partial charge >= 0.3 is 0 Å². The summed E-state index contributed by atoms with van der Waals surface area (Å²) in [7, 11) is 0. The van der Waals surface area contributed by atoms with Gasteiger partial charge < -0.3 is 5.73 Å². The maximum absolute atomic E-state index is 5.61. The van der Waals surface area contributed by atoms with Crippen molar-refractivity contribution in [3.05, 3.63) is 23.2 Å². The van der Waals surface area contributed by atoms with Gasteiger partial charge in [-0.15, -0.1) is 12.6 Å². The SMILES string of the molecule is Nc1ccc(Cl)cc1S.[K]. The van der Waals surface area contributed by atoms with Crippen molar-refractivity contribution >= 4 is 81.3 Å². The Morgan fingerprint density at radius 2 is 2.00 bits per heavy atom. The topological polar surface area (TPSA) is 26.0 Å². The van der Waals surface area contributed by atoms with Gasteiger partial charge in [-0.3, -0.25) is 0 Å². The molecule has 0 spiro atoms. The first-order chi connectivity index (χ1) is 4.20. The van der Waals surface area contributed by atoms with Crippen LogP contribution in [0.1, 0.15) is 0 Å². The zero-order chi connectivity index (χ0) is 6.85. The predicted octanol–water partition coefficient (Wildman–Crippen LogP) is 1.83. The summed E-state index contributed by atoms with van der Waals surface area (Å²) in [6, 6.07) is 5.17. The Labute approximate surface area is 113 Å². The Hall–Kier alpha value is 1.30. The fraction of sp³-hybridized carbons (Fsp3) is 0. The van der Waals surface area contributed by atoms with Crippen molar-refractivity contribution in [2.45, 2.75) is 4.90 Å². The number of thiol groups is 1. The fourth-order valence-electron chi connectivity index (χ4n) is 0.517. The fourth-order valence-corrected chi connectivity index (χ4v) is 0.979. The van der Waals surface area contributed by atoms with Gasteiger partial charge in [-0.25, -0.2) is 0 Å². The van der Waals surface area contributed by atoms with Crippen molar-refractivity contribution in [2.75, 3.05) is 5.73 Å². The van der Waals surface area contributed by atoms with Crippen LogP contribution in [0.5, 0.6) is 0 Å². The smallest absolute Gasteiger partial charge is 0.0450 e. The van der Waals surface area contributed by atoms with Crippen LogP contribution in [0.2, 0.25) is 5.02 Å². The van der Waals surface area contributed by atoms with E-state index in [9.17, 15) is 0 Å². The molecule has 1 aromatic carbocycles. The number of rotatable bonds is 0. The van der Waals surface area contributed by atoms with Crippen molar-refractivity contribution in [2.24, 2.45) is 0 Å². The zero-order valence-corrected chi connectivity index (χ0v) is 10.4. The molecule has 1 rings (SSSR count). The molecule has 1 aromatic rings. The minimum Gasteiger partial charge on any atom is -0.398 e. The molecule has 4 heteroatoms. The average Bonchev–Trinajstić information content (AvgIpc) is 1.80. The summed E-state index contributed by atoms with van der Waals surface area (Å²) >= 11 is 9.67. The average molecular weight is 199 g/mol. The van der Waals surface area contributed by atoms with Crippen molar-refractivity contribution in [3.8, 4) is 0 Å². The van der Waals surface area contributed by atoms with Gasteiger partial charge in [0.25, 0.3) is 0 Å². The van der Waals surface area contributed by atoms with E-state index in [2.05, 4.69) is 12.6 Å². The van der Waals surface area contributed by atoms with Crippen LogP contribution in [0, 0.1) is 0 Å². The summed E-state index contributed by atoms with van der Waals surface area (Å²) in [5.41, 5.74) is 6.11. The molecule has 0 bridgehead atoms. The van der Waals surface area contributed by atoms with E-state index < -0.39 is 0 Å². The quantitative estimate of drug-likeness (QED) is 0.371. The maximum Gasteiger partial charge on any atom is 0.0450 e. The Kier molecular flexibility index (Phi) is 5.69. The Morgan fingerprint density at radius 1 is 1.40 bits per heavy atom. The number of benzene rings is 1. The van der Waals surface area contributed by atoms with Crippen LogP contribution in [0.15, 0.2) is 23.1 Å². The molecule has 0 unspecified atom stereocenters. The first kappa shape index (κ1) is 11.3. The van der Waals surface area contributed by atoms with Crippen molar-refractivity contribution < 1.29 is 0 Å². The maximum atomic E-state index is 5.61. The van der Waals surface area contributed by atoms with Gasteiger partial charge in [0.15, 0.2) is 0 Å². The van der Waals surface area contributed by atoms with E-state index in [1.54, 1.807) is 18.2 Å². The van der Waals surface area contributed by atoms with Gasteiger partial charge in [0.2, 0.25) is 0 Å². The van der Waals surface area contributed by atoms with Crippen molar-refractivity contribution in [3.63, 3.8) is 0 Å². The number of hydrogen-bond acceptors (Lipinski definition) is 2. The summed E-state index contributed by atoms with van der Waals surface area (Å²) in [5, 5.41) is 0.661. The second kappa shape index (κ2) is 5.03. The first-order valence-electron chi connectivity index (χ1n) is 2.44. The molecule has 49 valence electrons. The van der Waals surface area contributed by atoms with Crippen LogP contribution in [-0.4, -0.2) is 51.4 Å². The molecule has 0 saturated heterocycles. The third kappa shape index (κ3) is 3.13. The molecule has 0 fully saturated rings.